The summed E-state index contributed by atoms with van der Waals surface area (Å²) >= 11 is 0. The van der Waals surface area contributed by atoms with Crippen LogP contribution in [-0.4, -0.2) is 4.98 Å². The van der Waals surface area contributed by atoms with Crippen molar-refractivity contribution in [3.63, 3.8) is 0 Å². The molecule has 1 aromatic heterocycles. The summed E-state index contributed by atoms with van der Waals surface area (Å²) in [6.07, 6.45) is 2.15. The van der Waals surface area contributed by atoms with Crippen molar-refractivity contribution in [3.8, 4) is 6.07 Å². The highest BCUT2D eigenvalue weighted by molar-refractivity contribution is 5.54. The van der Waals surface area contributed by atoms with Crippen LogP contribution in [0.1, 0.15) is 43.0 Å². The molecule has 16 heavy (non-hydrogen) atoms. The maximum absolute atomic E-state index is 9.00. The van der Waals surface area contributed by atoms with Crippen molar-refractivity contribution >= 4 is 5.82 Å². The van der Waals surface area contributed by atoms with E-state index in [2.05, 4.69) is 30.3 Å². The lowest BCUT2D eigenvalue weighted by atomic mass is 9.81. The summed E-state index contributed by atoms with van der Waals surface area (Å²) in [5.41, 5.74) is 5.31. The number of hydrogen-bond donors (Lipinski definition) is 2. The van der Waals surface area contributed by atoms with Gasteiger partial charge in [0.05, 0.1) is 5.56 Å². The first-order valence-corrected chi connectivity index (χ1v) is 5.56. The van der Waals surface area contributed by atoms with E-state index in [4.69, 9.17) is 11.1 Å². The van der Waals surface area contributed by atoms with E-state index in [0.717, 1.165) is 18.5 Å². The van der Waals surface area contributed by atoms with Gasteiger partial charge in [-0.2, -0.15) is 5.26 Å². The Morgan fingerprint density at radius 3 is 2.94 bits per heavy atom. The van der Waals surface area contributed by atoms with Crippen molar-refractivity contribution in [3.05, 3.63) is 22.9 Å². The molecule has 0 amide bonds. The fraction of sp³-hybridized carbons (Fsp3) is 0.500. The molecule has 0 radical (unpaired) electrons. The van der Waals surface area contributed by atoms with Crippen LogP contribution in [0, 0.1) is 17.2 Å². The Labute approximate surface area is 95.5 Å². The average Bonchev–Trinajstić information content (AvgIpc) is 2.27. The molecule has 1 aliphatic carbocycles. The van der Waals surface area contributed by atoms with Crippen molar-refractivity contribution < 1.29 is 0 Å². The third-order valence-corrected chi connectivity index (χ3v) is 3.18. The molecular formula is C12H16N4. The number of pyridine rings is 1. The van der Waals surface area contributed by atoms with Gasteiger partial charge in [0.1, 0.15) is 6.07 Å². The molecule has 0 aliphatic heterocycles. The Kier molecular flexibility index (Phi) is 2.80. The molecule has 2 rings (SSSR count). The van der Waals surface area contributed by atoms with Gasteiger partial charge >= 0.3 is 0 Å². The smallest absolute Gasteiger partial charge is 0.158 e. The van der Waals surface area contributed by atoms with Crippen LogP contribution >= 0.6 is 0 Å². The monoisotopic (exact) mass is 216 g/mol. The van der Waals surface area contributed by atoms with Gasteiger partial charge in [0.2, 0.25) is 0 Å². The van der Waals surface area contributed by atoms with Gasteiger partial charge in [0.25, 0.3) is 0 Å². The standard InChI is InChI=1S/C12H16N4/c1-7-3-8(2)11-9(4-7)5-10(6-13)12(15-11)16-14/h5,7-8H,3-4,14H2,1-2H3,(H,15,16). The number of nitrogens with one attached hydrogen (secondary N) is 1. The van der Waals surface area contributed by atoms with Gasteiger partial charge in [-0.15, -0.1) is 0 Å². The summed E-state index contributed by atoms with van der Waals surface area (Å²) in [4.78, 5) is 4.46. The molecule has 1 aliphatic rings. The molecule has 1 heterocycles. The lowest BCUT2D eigenvalue weighted by Gasteiger charge is -2.26. The van der Waals surface area contributed by atoms with Gasteiger partial charge in [0, 0.05) is 5.69 Å². The zero-order valence-electron chi connectivity index (χ0n) is 9.62. The molecule has 4 heteroatoms. The number of nitrogens with two attached hydrogens (primary N) is 1. The van der Waals surface area contributed by atoms with Crippen LogP contribution in [0.3, 0.4) is 0 Å². The first-order chi connectivity index (χ1) is 7.65. The molecule has 0 aromatic carbocycles. The lowest BCUT2D eigenvalue weighted by Crippen LogP contribution is -2.19. The minimum atomic E-state index is 0.443. The minimum absolute atomic E-state index is 0.443. The van der Waals surface area contributed by atoms with Gasteiger partial charge in [-0.05, 0) is 36.3 Å². The van der Waals surface area contributed by atoms with Crippen molar-refractivity contribution in [2.75, 3.05) is 5.43 Å². The third kappa shape index (κ3) is 1.74. The molecule has 1 aromatic rings. The molecule has 0 fully saturated rings. The second-order valence-electron chi connectivity index (χ2n) is 4.63. The SMILES string of the molecule is CC1Cc2cc(C#N)c(NN)nc2C(C)C1. The third-order valence-electron chi connectivity index (χ3n) is 3.18. The van der Waals surface area contributed by atoms with Gasteiger partial charge in [-0.3, -0.25) is 0 Å². The van der Waals surface area contributed by atoms with Gasteiger partial charge in [-0.25, -0.2) is 10.8 Å². The quantitative estimate of drug-likeness (QED) is 0.555. The molecular weight excluding hydrogens is 200 g/mol. The van der Waals surface area contributed by atoms with Crippen LogP contribution in [0.15, 0.2) is 6.07 Å². The topological polar surface area (TPSA) is 74.7 Å². The summed E-state index contributed by atoms with van der Waals surface area (Å²) in [5, 5.41) is 9.00. The molecule has 0 saturated heterocycles. The van der Waals surface area contributed by atoms with E-state index in [0.29, 0.717) is 23.2 Å². The number of nitrogen functional groups attached to an aromatic ring is 1. The molecule has 0 spiro atoms. The average molecular weight is 216 g/mol. The molecule has 2 unspecified atom stereocenters. The Morgan fingerprint density at radius 2 is 2.31 bits per heavy atom. The zero-order chi connectivity index (χ0) is 11.7. The van der Waals surface area contributed by atoms with E-state index in [-0.39, 0.29) is 0 Å². The van der Waals surface area contributed by atoms with Crippen LogP contribution in [0.5, 0.6) is 0 Å². The fourth-order valence-electron chi connectivity index (χ4n) is 2.53. The van der Waals surface area contributed by atoms with E-state index in [9.17, 15) is 0 Å². The van der Waals surface area contributed by atoms with Gasteiger partial charge in [-0.1, -0.05) is 13.8 Å². The molecule has 0 bridgehead atoms. The predicted molar refractivity (Wildman–Crippen MR) is 62.7 cm³/mol. The number of fused-ring (bicyclic) bond motifs is 1. The zero-order valence-corrected chi connectivity index (χ0v) is 9.62. The highest BCUT2D eigenvalue weighted by Gasteiger charge is 2.24. The number of nitrogens with zero attached hydrogens (tertiary/aromatic N) is 2. The van der Waals surface area contributed by atoms with Crippen LogP contribution in [0.4, 0.5) is 5.82 Å². The summed E-state index contributed by atoms with van der Waals surface area (Å²) in [6.45, 7) is 4.41. The van der Waals surface area contributed by atoms with Crippen LogP contribution in [0.2, 0.25) is 0 Å². The largest absolute Gasteiger partial charge is 0.307 e. The summed E-state index contributed by atoms with van der Waals surface area (Å²) in [5.74, 6) is 6.96. The van der Waals surface area contributed by atoms with Gasteiger partial charge < -0.3 is 5.43 Å². The summed E-state index contributed by atoms with van der Waals surface area (Å²) in [7, 11) is 0. The highest BCUT2D eigenvalue weighted by Crippen LogP contribution is 2.34. The normalized spacial score (nSPS) is 23.4. The highest BCUT2D eigenvalue weighted by atomic mass is 15.3. The Balaban J connectivity index is 2.53. The Morgan fingerprint density at radius 1 is 1.56 bits per heavy atom. The number of hydrogen-bond acceptors (Lipinski definition) is 4. The van der Waals surface area contributed by atoms with Crippen LogP contribution < -0.4 is 11.3 Å². The molecule has 2 atom stereocenters. The lowest BCUT2D eigenvalue weighted by molar-refractivity contribution is 0.441. The van der Waals surface area contributed by atoms with Crippen molar-refractivity contribution in [1.29, 1.82) is 5.26 Å². The fourth-order valence-corrected chi connectivity index (χ4v) is 2.53. The number of hydrazine groups is 1. The molecule has 4 nitrogen and oxygen atoms in total. The number of aromatic nitrogens is 1. The second kappa shape index (κ2) is 4.11. The van der Waals surface area contributed by atoms with Crippen molar-refractivity contribution in [1.82, 2.24) is 4.98 Å². The first kappa shape index (κ1) is 10.9. The van der Waals surface area contributed by atoms with E-state index in [1.54, 1.807) is 0 Å². The van der Waals surface area contributed by atoms with E-state index in [1.807, 2.05) is 6.07 Å². The van der Waals surface area contributed by atoms with E-state index < -0.39 is 0 Å². The number of rotatable bonds is 1. The second-order valence-corrected chi connectivity index (χ2v) is 4.63. The van der Waals surface area contributed by atoms with Crippen molar-refractivity contribution in [2.24, 2.45) is 11.8 Å². The molecule has 84 valence electrons. The van der Waals surface area contributed by atoms with E-state index >= 15 is 0 Å². The summed E-state index contributed by atoms with van der Waals surface area (Å²) < 4.78 is 0. The summed E-state index contributed by atoms with van der Waals surface area (Å²) in [6, 6.07) is 4.04. The first-order valence-electron chi connectivity index (χ1n) is 5.56. The van der Waals surface area contributed by atoms with E-state index in [1.165, 1.54) is 5.56 Å². The molecule has 0 saturated carbocycles. The minimum Gasteiger partial charge on any atom is -0.307 e. The maximum atomic E-state index is 9.00. The van der Waals surface area contributed by atoms with Crippen molar-refractivity contribution in [2.45, 2.75) is 32.6 Å². The number of nitriles is 1. The van der Waals surface area contributed by atoms with Crippen LogP contribution in [-0.2, 0) is 6.42 Å². The Bertz CT molecular complexity index is 447. The maximum Gasteiger partial charge on any atom is 0.158 e. The molecule has 3 N–H and O–H groups in total. The van der Waals surface area contributed by atoms with Crippen LogP contribution in [0.25, 0.3) is 0 Å². The number of anilines is 1. The predicted octanol–water partition coefficient (Wildman–Crippen LogP) is 1.92. The van der Waals surface area contributed by atoms with Gasteiger partial charge in [0.15, 0.2) is 5.82 Å². The Hall–Kier alpha value is -1.60.